The molecule has 0 fully saturated rings. The van der Waals surface area contributed by atoms with Crippen molar-refractivity contribution < 1.29 is 9.79 Å². The maximum atomic E-state index is 11.1. The molecule has 1 atom stereocenters. The minimum atomic E-state index is 0.0826. The summed E-state index contributed by atoms with van der Waals surface area (Å²) in [6, 6.07) is 0. The van der Waals surface area contributed by atoms with Gasteiger partial charge in [0.25, 0.3) is 0 Å². The lowest BCUT2D eigenvalue weighted by molar-refractivity contribution is -0.459. The van der Waals surface area contributed by atoms with Crippen LogP contribution < -0.4 is 21.8 Å². The zero-order valence-corrected chi connectivity index (χ0v) is 8.97. The zero-order chi connectivity index (χ0) is 11.0. The van der Waals surface area contributed by atoms with Crippen molar-refractivity contribution in [3.05, 3.63) is 0 Å². The third kappa shape index (κ3) is 6.28. The molecule has 0 saturated carbocycles. The third-order valence-corrected chi connectivity index (χ3v) is 2.09. The maximum absolute atomic E-state index is 11.1. The van der Waals surface area contributed by atoms with Crippen molar-refractivity contribution in [3.63, 3.8) is 0 Å². The number of amides is 1. The first-order chi connectivity index (χ1) is 6.57. The van der Waals surface area contributed by atoms with Gasteiger partial charge in [-0.3, -0.25) is 21.3 Å². The predicted molar refractivity (Wildman–Crippen MR) is 56.3 cm³/mol. The Hall–Kier alpha value is -1.26. The van der Waals surface area contributed by atoms with Crippen LogP contribution in [0.2, 0.25) is 0 Å². The monoisotopic (exact) mass is 201 g/mol. The summed E-state index contributed by atoms with van der Waals surface area (Å²) in [6.45, 7) is 2.69. The molecule has 0 aliphatic heterocycles. The molecule has 5 nitrogen and oxygen atoms in total. The van der Waals surface area contributed by atoms with Crippen LogP contribution in [0.4, 0.5) is 0 Å². The number of carbonyl (C=O) groups is 1. The van der Waals surface area contributed by atoms with Crippen molar-refractivity contribution in [2.45, 2.75) is 26.2 Å². The maximum Gasteiger partial charge on any atom is 0.338 e. The Bertz CT molecular complexity index is 199. The van der Waals surface area contributed by atoms with E-state index in [0.29, 0.717) is 0 Å². The van der Waals surface area contributed by atoms with Crippen molar-refractivity contribution >= 4 is 11.9 Å². The molecule has 0 aromatic carbocycles. The molecular weight excluding hydrogens is 180 g/mol. The van der Waals surface area contributed by atoms with Gasteiger partial charge < -0.3 is 5.32 Å². The van der Waals surface area contributed by atoms with Crippen molar-refractivity contribution in [3.8, 4) is 0 Å². The van der Waals surface area contributed by atoms with Crippen molar-refractivity contribution in [2.75, 3.05) is 13.6 Å². The number of hydrogen-bond acceptors (Lipinski definition) is 1. The van der Waals surface area contributed by atoms with E-state index in [4.69, 9.17) is 11.5 Å². The number of nitrogens with one attached hydrogen (secondary N) is 2. The summed E-state index contributed by atoms with van der Waals surface area (Å²) in [5.41, 5.74) is 10.4. The number of carbonyl (C=O) groups excluding carboxylic acids is 1. The van der Waals surface area contributed by atoms with E-state index in [1.807, 2.05) is 6.92 Å². The first-order valence-electron chi connectivity index (χ1n) is 4.91. The van der Waals surface area contributed by atoms with E-state index in [1.54, 1.807) is 7.05 Å². The third-order valence-electron chi connectivity index (χ3n) is 2.09. The zero-order valence-electron chi connectivity index (χ0n) is 8.97. The van der Waals surface area contributed by atoms with Gasteiger partial charge in [-0.05, 0) is 19.3 Å². The summed E-state index contributed by atoms with van der Waals surface area (Å²) in [4.78, 5) is 13.9. The van der Waals surface area contributed by atoms with Gasteiger partial charge in [0, 0.05) is 13.0 Å². The fourth-order valence-corrected chi connectivity index (χ4v) is 1.19. The van der Waals surface area contributed by atoms with Crippen LogP contribution in [-0.2, 0) is 4.79 Å². The molecule has 0 aromatic rings. The lowest BCUT2D eigenvalue weighted by Crippen LogP contribution is -2.78. The molecule has 0 unspecified atom stereocenters. The highest BCUT2D eigenvalue weighted by molar-refractivity contribution is 5.77. The number of rotatable bonds is 6. The molecule has 6 N–H and O–H groups in total. The molecule has 0 aromatic heterocycles. The summed E-state index contributed by atoms with van der Waals surface area (Å²) < 4.78 is 0. The molecule has 0 saturated heterocycles. The molecule has 5 heteroatoms. The summed E-state index contributed by atoms with van der Waals surface area (Å²) in [7, 11) is 1.66. The van der Waals surface area contributed by atoms with Crippen molar-refractivity contribution in [2.24, 2.45) is 17.4 Å². The molecule has 0 aliphatic rings. The first kappa shape index (κ1) is 12.7. The normalized spacial score (nSPS) is 11.9. The highest BCUT2D eigenvalue weighted by Gasteiger charge is 2.09. The minimum Gasteiger partial charge on any atom is -0.359 e. The van der Waals surface area contributed by atoms with Crippen LogP contribution in [0.15, 0.2) is 0 Å². The van der Waals surface area contributed by atoms with Crippen molar-refractivity contribution in [1.82, 2.24) is 5.32 Å². The molecule has 1 amide bonds. The summed E-state index contributed by atoms with van der Waals surface area (Å²) in [5.74, 6) is 0.436. The van der Waals surface area contributed by atoms with Crippen LogP contribution in [0.25, 0.3) is 0 Å². The van der Waals surface area contributed by atoms with E-state index in [1.165, 1.54) is 0 Å². The Balaban J connectivity index is 3.45. The van der Waals surface area contributed by atoms with E-state index in [2.05, 4.69) is 10.3 Å². The second-order valence-electron chi connectivity index (χ2n) is 3.39. The van der Waals surface area contributed by atoms with E-state index in [-0.39, 0.29) is 17.8 Å². The van der Waals surface area contributed by atoms with Crippen LogP contribution in [0, 0.1) is 5.92 Å². The van der Waals surface area contributed by atoms with Gasteiger partial charge in [0.2, 0.25) is 5.91 Å². The highest BCUT2D eigenvalue weighted by atomic mass is 16.1. The van der Waals surface area contributed by atoms with Gasteiger partial charge in [-0.25, -0.2) is 0 Å². The number of nitrogens with two attached hydrogens (primary N) is 2. The average Bonchev–Trinajstić information content (AvgIpc) is 2.15. The molecule has 0 radical (unpaired) electrons. The van der Waals surface area contributed by atoms with E-state index < -0.39 is 0 Å². The number of hydrogen-bond donors (Lipinski definition) is 4. The molecule has 0 rings (SSSR count). The van der Waals surface area contributed by atoms with Crippen LogP contribution in [0.5, 0.6) is 0 Å². The largest absolute Gasteiger partial charge is 0.359 e. The summed E-state index contributed by atoms with van der Waals surface area (Å²) >= 11 is 0. The van der Waals surface area contributed by atoms with Gasteiger partial charge in [0.15, 0.2) is 0 Å². The van der Waals surface area contributed by atoms with Gasteiger partial charge in [-0.1, -0.05) is 6.92 Å². The van der Waals surface area contributed by atoms with E-state index >= 15 is 0 Å². The minimum absolute atomic E-state index is 0.0826. The van der Waals surface area contributed by atoms with Gasteiger partial charge in [-0.15, -0.1) is 0 Å². The second-order valence-corrected chi connectivity index (χ2v) is 3.39. The molecule has 0 bridgehead atoms. The average molecular weight is 201 g/mol. The fourth-order valence-electron chi connectivity index (χ4n) is 1.19. The predicted octanol–water partition coefficient (Wildman–Crippen LogP) is -2.11. The SMILES string of the molecule is CNC(=O)[C@@H](C)CCCC[NH+]=C(N)N. The lowest BCUT2D eigenvalue weighted by atomic mass is 10.0. The fraction of sp³-hybridized carbons (Fsp3) is 0.778. The van der Waals surface area contributed by atoms with Gasteiger partial charge >= 0.3 is 5.96 Å². The van der Waals surface area contributed by atoms with Crippen LogP contribution >= 0.6 is 0 Å². The number of unbranched alkanes of at least 4 members (excludes halogenated alkanes) is 1. The molecule has 14 heavy (non-hydrogen) atoms. The van der Waals surface area contributed by atoms with Gasteiger partial charge in [-0.2, -0.15) is 0 Å². The molecule has 82 valence electrons. The van der Waals surface area contributed by atoms with Gasteiger partial charge in [0.05, 0.1) is 6.54 Å². The Labute approximate surface area is 84.9 Å². The van der Waals surface area contributed by atoms with Crippen LogP contribution in [-0.4, -0.2) is 25.5 Å². The molecular formula is C9H21N4O+. The summed E-state index contributed by atoms with van der Waals surface area (Å²) in [5, 5.41) is 2.63. The Morgan fingerprint density at radius 1 is 1.43 bits per heavy atom. The standard InChI is InChI=1S/C9H20N4O/c1-7(8(14)12-2)5-3-4-6-13-9(10)11/h7H,3-6H2,1-2H3,(H,12,14)(H4,10,11,13)/p+1/t7-/m0/s1. The quantitative estimate of drug-likeness (QED) is 0.225. The van der Waals surface area contributed by atoms with Gasteiger partial charge in [0.1, 0.15) is 0 Å². The van der Waals surface area contributed by atoms with E-state index in [9.17, 15) is 4.79 Å². The summed E-state index contributed by atoms with van der Waals surface area (Å²) in [6.07, 6.45) is 2.86. The smallest absolute Gasteiger partial charge is 0.338 e. The van der Waals surface area contributed by atoms with Crippen LogP contribution in [0.3, 0.4) is 0 Å². The first-order valence-corrected chi connectivity index (χ1v) is 4.91. The topological polar surface area (TPSA) is 95.1 Å². The second kappa shape index (κ2) is 7.17. The Morgan fingerprint density at radius 3 is 2.57 bits per heavy atom. The molecule has 0 heterocycles. The number of guanidine groups is 1. The lowest BCUT2D eigenvalue weighted by Gasteiger charge is -2.08. The van der Waals surface area contributed by atoms with Crippen molar-refractivity contribution in [1.29, 1.82) is 0 Å². The highest BCUT2D eigenvalue weighted by Crippen LogP contribution is 2.06. The Kier molecular flexibility index (Phi) is 6.53. The van der Waals surface area contributed by atoms with Crippen LogP contribution in [0.1, 0.15) is 26.2 Å². The van der Waals surface area contributed by atoms with E-state index in [0.717, 1.165) is 25.8 Å². The molecule has 0 aliphatic carbocycles. The molecule has 0 spiro atoms. The Morgan fingerprint density at radius 2 is 2.07 bits per heavy atom.